The maximum Gasteiger partial charge on any atom is 0.329 e. The van der Waals surface area contributed by atoms with Gasteiger partial charge in [-0.1, -0.05) is 42.8 Å². The van der Waals surface area contributed by atoms with Crippen LogP contribution in [0.3, 0.4) is 0 Å². The van der Waals surface area contributed by atoms with E-state index in [4.69, 9.17) is 0 Å². The van der Waals surface area contributed by atoms with Gasteiger partial charge in [-0.15, -0.1) is 0 Å². The number of amides is 4. The number of aryl methyl sites for hydroxylation is 4. The van der Waals surface area contributed by atoms with Gasteiger partial charge in [0, 0.05) is 5.69 Å². The lowest BCUT2D eigenvalue weighted by atomic mass is 9.99. The number of carbonyl (C=O) groups is 3. The van der Waals surface area contributed by atoms with Gasteiger partial charge in [0.05, 0.1) is 0 Å². The molecule has 1 saturated heterocycles. The summed E-state index contributed by atoms with van der Waals surface area (Å²) in [6, 6.07) is 10.9. The molecule has 6 heteroatoms. The van der Waals surface area contributed by atoms with Gasteiger partial charge >= 0.3 is 6.03 Å². The lowest BCUT2D eigenvalue weighted by Crippen LogP contribution is -2.38. The summed E-state index contributed by atoms with van der Waals surface area (Å²) in [7, 11) is 0. The second-order valence-electron chi connectivity index (χ2n) is 7.25. The van der Waals surface area contributed by atoms with Gasteiger partial charge in [-0.2, -0.15) is 0 Å². The van der Waals surface area contributed by atoms with E-state index in [0.29, 0.717) is 5.69 Å². The molecule has 4 amide bonds. The molecule has 0 aliphatic carbocycles. The van der Waals surface area contributed by atoms with Crippen LogP contribution in [0.15, 0.2) is 42.1 Å². The van der Waals surface area contributed by atoms with E-state index in [1.165, 1.54) is 0 Å². The van der Waals surface area contributed by atoms with Crippen molar-refractivity contribution in [2.24, 2.45) is 0 Å². The van der Waals surface area contributed by atoms with E-state index in [1.807, 2.05) is 58.0 Å². The van der Waals surface area contributed by atoms with Gasteiger partial charge in [0.25, 0.3) is 5.91 Å². The van der Waals surface area contributed by atoms with Crippen LogP contribution in [0.5, 0.6) is 0 Å². The lowest BCUT2D eigenvalue weighted by molar-refractivity contribution is -0.127. The quantitative estimate of drug-likeness (QED) is 0.602. The second-order valence-corrected chi connectivity index (χ2v) is 7.25. The molecule has 0 aromatic heterocycles. The Morgan fingerprint density at radius 3 is 2.41 bits per heavy atom. The summed E-state index contributed by atoms with van der Waals surface area (Å²) in [5, 5.41) is 5.37. The Labute approximate surface area is 170 Å². The molecule has 6 nitrogen and oxygen atoms in total. The Morgan fingerprint density at radius 2 is 1.76 bits per heavy atom. The fourth-order valence-electron chi connectivity index (χ4n) is 3.56. The fourth-order valence-corrected chi connectivity index (χ4v) is 3.56. The molecule has 0 spiro atoms. The molecule has 0 saturated carbocycles. The zero-order valence-corrected chi connectivity index (χ0v) is 17.1. The van der Waals surface area contributed by atoms with Crippen molar-refractivity contribution in [3.8, 4) is 0 Å². The highest BCUT2D eigenvalue weighted by molar-refractivity contribution is 6.16. The summed E-state index contributed by atoms with van der Waals surface area (Å²) in [6.45, 7) is 7.59. The van der Waals surface area contributed by atoms with Crippen LogP contribution in [-0.2, 0) is 16.0 Å². The summed E-state index contributed by atoms with van der Waals surface area (Å²) in [5.74, 6) is -0.924. The Morgan fingerprint density at radius 1 is 1.10 bits per heavy atom. The first-order valence-electron chi connectivity index (χ1n) is 9.60. The molecule has 0 bridgehead atoms. The number of nitrogens with zero attached hydrogens (tertiary/aromatic N) is 1. The third kappa shape index (κ3) is 4.37. The predicted molar refractivity (Wildman–Crippen MR) is 113 cm³/mol. The molecular weight excluding hydrogens is 366 g/mol. The highest BCUT2D eigenvalue weighted by Crippen LogP contribution is 2.22. The Hall–Kier alpha value is -3.41. The molecule has 2 N–H and O–H groups in total. The van der Waals surface area contributed by atoms with Gasteiger partial charge in [0.15, 0.2) is 0 Å². The van der Waals surface area contributed by atoms with E-state index in [1.54, 1.807) is 12.1 Å². The van der Waals surface area contributed by atoms with Crippen molar-refractivity contribution in [3.05, 3.63) is 69.9 Å². The first-order valence-corrected chi connectivity index (χ1v) is 9.60. The van der Waals surface area contributed by atoms with Crippen LogP contribution in [0.4, 0.5) is 10.5 Å². The van der Waals surface area contributed by atoms with Crippen LogP contribution in [-0.4, -0.2) is 29.3 Å². The van der Waals surface area contributed by atoms with E-state index in [9.17, 15) is 14.4 Å². The molecule has 0 radical (unpaired) electrons. The molecule has 3 rings (SSSR count). The van der Waals surface area contributed by atoms with E-state index < -0.39 is 17.8 Å². The van der Waals surface area contributed by atoms with Crippen LogP contribution in [0.25, 0.3) is 6.08 Å². The number of rotatable bonds is 5. The van der Waals surface area contributed by atoms with Gasteiger partial charge in [-0.05, 0) is 61.6 Å². The van der Waals surface area contributed by atoms with Crippen molar-refractivity contribution in [3.63, 3.8) is 0 Å². The van der Waals surface area contributed by atoms with Gasteiger partial charge < -0.3 is 10.6 Å². The number of nitrogens with one attached hydrogen (secondary N) is 2. The number of imide groups is 1. The van der Waals surface area contributed by atoms with E-state index >= 15 is 0 Å². The van der Waals surface area contributed by atoms with Crippen molar-refractivity contribution in [2.45, 2.75) is 34.1 Å². The Kier molecular flexibility index (Phi) is 5.82. The number of anilines is 1. The predicted octanol–water partition coefficient (Wildman–Crippen LogP) is 3.71. The molecule has 0 atom stereocenters. The maximum absolute atomic E-state index is 12.7. The number of hydrogen-bond donors (Lipinski definition) is 2. The molecule has 1 aliphatic rings. The summed E-state index contributed by atoms with van der Waals surface area (Å²) >= 11 is 0. The minimum Gasteiger partial charge on any atom is -0.324 e. The number of hydrogen-bond acceptors (Lipinski definition) is 3. The van der Waals surface area contributed by atoms with Crippen molar-refractivity contribution in [2.75, 3.05) is 11.9 Å². The van der Waals surface area contributed by atoms with Crippen LogP contribution in [0.1, 0.15) is 34.7 Å². The van der Waals surface area contributed by atoms with Crippen LogP contribution >= 0.6 is 0 Å². The minimum atomic E-state index is -0.595. The average Bonchev–Trinajstić information content (AvgIpc) is 2.92. The zero-order valence-electron chi connectivity index (χ0n) is 17.1. The number of benzene rings is 2. The third-order valence-corrected chi connectivity index (χ3v) is 4.96. The molecular formula is C23H25N3O3. The number of para-hydroxylation sites is 1. The molecule has 2 aromatic rings. The van der Waals surface area contributed by atoms with Crippen LogP contribution < -0.4 is 10.6 Å². The maximum atomic E-state index is 12.7. The molecule has 1 fully saturated rings. The highest BCUT2D eigenvalue weighted by atomic mass is 16.2. The standard InChI is InChI=1S/C23H25N3O3/c1-5-17-8-6-7-9-19(17)24-21(27)13-26-22(28)20(25-23(26)29)12-18-15(3)10-14(2)11-16(18)4/h6-12H,5,13H2,1-4H3,(H,24,27)(H,25,29)/b20-12+. The fraction of sp³-hybridized carbons (Fsp3) is 0.261. The van der Waals surface area contributed by atoms with E-state index in [0.717, 1.165) is 39.1 Å². The summed E-state index contributed by atoms with van der Waals surface area (Å²) in [6.07, 6.45) is 2.44. The van der Waals surface area contributed by atoms with Gasteiger partial charge in [0.1, 0.15) is 12.2 Å². The molecule has 150 valence electrons. The van der Waals surface area contributed by atoms with E-state index in [2.05, 4.69) is 10.6 Å². The van der Waals surface area contributed by atoms with E-state index in [-0.39, 0.29) is 12.2 Å². The Bertz CT molecular complexity index is 1000. The lowest BCUT2D eigenvalue weighted by Gasteiger charge is -2.13. The largest absolute Gasteiger partial charge is 0.329 e. The molecule has 1 heterocycles. The first-order chi connectivity index (χ1) is 13.8. The van der Waals surface area contributed by atoms with Crippen molar-refractivity contribution < 1.29 is 14.4 Å². The number of carbonyl (C=O) groups excluding carboxylic acids is 3. The molecule has 29 heavy (non-hydrogen) atoms. The van der Waals surface area contributed by atoms with Crippen molar-refractivity contribution in [1.29, 1.82) is 0 Å². The van der Waals surface area contributed by atoms with Gasteiger partial charge in [0.2, 0.25) is 5.91 Å². The van der Waals surface area contributed by atoms with Crippen LogP contribution in [0, 0.1) is 20.8 Å². The van der Waals surface area contributed by atoms with Gasteiger partial charge in [-0.3, -0.25) is 9.59 Å². The summed E-state index contributed by atoms with van der Waals surface area (Å²) < 4.78 is 0. The summed E-state index contributed by atoms with van der Waals surface area (Å²) in [5.41, 5.74) is 5.91. The smallest absolute Gasteiger partial charge is 0.324 e. The summed E-state index contributed by atoms with van der Waals surface area (Å²) in [4.78, 5) is 38.4. The Balaban J connectivity index is 1.76. The molecule has 2 aromatic carbocycles. The monoisotopic (exact) mass is 391 g/mol. The number of urea groups is 1. The van der Waals surface area contributed by atoms with Crippen molar-refractivity contribution >= 4 is 29.6 Å². The normalized spacial score (nSPS) is 15.0. The average molecular weight is 391 g/mol. The second kappa shape index (κ2) is 8.31. The van der Waals surface area contributed by atoms with Crippen LogP contribution in [0.2, 0.25) is 0 Å². The first kappa shape index (κ1) is 20.3. The minimum absolute atomic E-state index is 0.173. The molecule has 1 aliphatic heterocycles. The molecule has 0 unspecified atom stereocenters. The van der Waals surface area contributed by atoms with Gasteiger partial charge in [-0.25, -0.2) is 9.69 Å². The zero-order chi connectivity index (χ0) is 21.1. The van der Waals surface area contributed by atoms with Crippen molar-refractivity contribution in [1.82, 2.24) is 10.2 Å². The topological polar surface area (TPSA) is 78.5 Å². The highest BCUT2D eigenvalue weighted by Gasteiger charge is 2.35. The third-order valence-electron chi connectivity index (χ3n) is 4.96. The SMILES string of the molecule is CCc1ccccc1NC(=O)CN1C(=O)N/C(=C/c2c(C)cc(C)cc2C)C1=O.